The van der Waals surface area contributed by atoms with Gasteiger partial charge in [0.15, 0.2) is 11.4 Å². The van der Waals surface area contributed by atoms with Crippen LogP contribution in [0.15, 0.2) is 30.3 Å². The zero-order valence-electron chi connectivity index (χ0n) is 15.0. The van der Waals surface area contributed by atoms with E-state index in [2.05, 4.69) is 24.0 Å². The van der Waals surface area contributed by atoms with E-state index in [1.807, 2.05) is 12.1 Å². The first-order valence-corrected chi connectivity index (χ1v) is 9.44. The van der Waals surface area contributed by atoms with Crippen molar-refractivity contribution in [3.8, 4) is 5.75 Å². The maximum absolute atomic E-state index is 9.91. The van der Waals surface area contributed by atoms with Gasteiger partial charge in [-0.1, -0.05) is 70.8 Å². The van der Waals surface area contributed by atoms with E-state index >= 15 is 0 Å². The van der Waals surface area contributed by atoms with Crippen molar-refractivity contribution in [2.75, 3.05) is 0 Å². The number of rotatable bonds is 11. The van der Waals surface area contributed by atoms with Gasteiger partial charge in [0, 0.05) is 12.5 Å². The summed E-state index contributed by atoms with van der Waals surface area (Å²) in [6.07, 6.45) is 14.7. The summed E-state index contributed by atoms with van der Waals surface area (Å²) < 4.78 is 0. The highest BCUT2D eigenvalue weighted by Gasteiger charge is 2.09. The summed E-state index contributed by atoms with van der Waals surface area (Å²) in [6.45, 7) is 2.27. The van der Waals surface area contributed by atoms with E-state index in [9.17, 15) is 5.11 Å². The molecule has 3 heteroatoms. The number of benzene rings is 1. The van der Waals surface area contributed by atoms with Gasteiger partial charge in [-0.25, -0.2) is 4.98 Å². The Hall–Kier alpha value is -1.28. The molecule has 0 aliphatic heterocycles. The van der Waals surface area contributed by atoms with E-state index in [0.717, 1.165) is 17.3 Å². The lowest BCUT2D eigenvalue weighted by molar-refractivity contribution is -0.358. The van der Waals surface area contributed by atoms with Crippen LogP contribution in [-0.2, 0) is 6.42 Å². The van der Waals surface area contributed by atoms with E-state index in [-0.39, 0.29) is 12.4 Å². The number of fused-ring (bicyclic) bond motifs is 1. The quantitative estimate of drug-likeness (QED) is 0.622. The number of hydrogen-bond acceptors (Lipinski definition) is 1. The Morgan fingerprint density at radius 3 is 2.08 bits per heavy atom. The highest BCUT2D eigenvalue weighted by molar-refractivity contribution is 5.80. The summed E-state index contributed by atoms with van der Waals surface area (Å²) in [5.74, 6) is 0.340. The Labute approximate surface area is 153 Å². The molecule has 2 aromatic rings. The van der Waals surface area contributed by atoms with E-state index in [1.165, 1.54) is 69.9 Å². The van der Waals surface area contributed by atoms with Gasteiger partial charge in [0.25, 0.3) is 5.52 Å². The molecule has 2 rings (SSSR count). The fourth-order valence-corrected chi connectivity index (χ4v) is 3.17. The highest BCUT2D eigenvalue weighted by Crippen LogP contribution is 2.20. The smallest absolute Gasteiger partial charge is 0.253 e. The molecule has 0 atom stereocenters. The number of pyridine rings is 1. The summed E-state index contributed by atoms with van der Waals surface area (Å²) in [5, 5.41) is 11.0. The first kappa shape index (κ1) is 20.8. The Morgan fingerprint density at radius 1 is 0.792 bits per heavy atom. The van der Waals surface area contributed by atoms with Crippen molar-refractivity contribution in [3.63, 3.8) is 0 Å². The number of para-hydroxylation sites is 1. The van der Waals surface area contributed by atoms with Crippen molar-refractivity contribution in [2.45, 2.75) is 77.6 Å². The molecule has 1 aromatic carbocycles. The van der Waals surface area contributed by atoms with Crippen molar-refractivity contribution in [1.82, 2.24) is 0 Å². The number of aromatic nitrogens is 1. The van der Waals surface area contributed by atoms with E-state index < -0.39 is 0 Å². The number of aryl methyl sites for hydroxylation is 1. The Kier molecular flexibility index (Phi) is 10.5. The zero-order valence-corrected chi connectivity index (χ0v) is 15.7. The number of phenolic OH excluding ortho intramolecular Hbond substituents is 1. The van der Waals surface area contributed by atoms with Gasteiger partial charge in [-0.05, 0) is 24.6 Å². The van der Waals surface area contributed by atoms with Crippen LogP contribution in [-0.4, -0.2) is 5.11 Å². The first-order chi connectivity index (χ1) is 11.3. The monoisotopic (exact) mass is 349 g/mol. The molecule has 2 N–H and O–H groups in total. The Balaban J connectivity index is 0.00000288. The summed E-state index contributed by atoms with van der Waals surface area (Å²) in [5.41, 5.74) is 2.08. The third-order valence-electron chi connectivity index (χ3n) is 4.62. The third-order valence-corrected chi connectivity index (χ3v) is 4.62. The van der Waals surface area contributed by atoms with E-state index in [1.54, 1.807) is 6.07 Å². The second-order valence-electron chi connectivity index (χ2n) is 6.66. The Morgan fingerprint density at radius 2 is 1.42 bits per heavy atom. The average Bonchev–Trinajstić information content (AvgIpc) is 2.57. The summed E-state index contributed by atoms with van der Waals surface area (Å²) >= 11 is 0. The maximum Gasteiger partial charge on any atom is 0.253 e. The Bertz CT molecular complexity index is 585. The van der Waals surface area contributed by atoms with Crippen LogP contribution in [0.1, 0.15) is 76.8 Å². The molecule has 0 saturated heterocycles. The molecule has 1 heterocycles. The fraction of sp³-hybridized carbons (Fsp3) is 0.571. The number of aromatic hydroxyl groups is 1. The molecule has 0 aliphatic rings. The van der Waals surface area contributed by atoms with E-state index in [4.69, 9.17) is 0 Å². The zero-order chi connectivity index (χ0) is 16.3. The maximum atomic E-state index is 9.91. The van der Waals surface area contributed by atoms with Crippen molar-refractivity contribution in [2.24, 2.45) is 0 Å². The fourth-order valence-electron chi connectivity index (χ4n) is 3.17. The van der Waals surface area contributed by atoms with Gasteiger partial charge in [0.1, 0.15) is 0 Å². The highest BCUT2D eigenvalue weighted by atomic mass is 35.5. The number of halogens is 1. The third kappa shape index (κ3) is 7.09. The molecule has 0 saturated carbocycles. The topological polar surface area (TPSA) is 34.4 Å². The van der Waals surface area contributed by atoms with Crippen molar-refractivity contribution < 1.29 is 22.5 Å². The molecule has 0 radical (unpaired) electrons. The van der Waals surface area contributed by atoms with Crippen LogP contribution in [0.25, 0.3) is 10.9 Å². The van der Waals surface area contributed by atoms with Crippen LogP contribution in [0.2, 0.25) is 0 Å². The number of hydrogen-bond donors (Lipinski definition) is 1. The number of nitrogens with one attached hydrogen (secondary N) is 1. The first-order valence-electron chi connectivity index (χ1n) is 9.44. The van der Waals surface area contributed by atoms with Crippen LogP contribution >= 0.6 is 0 Å². The van der Waals surface area contributed by atoms with Crippen molar-refractivity contribution in [3.05, 3.63) is 36.0 Å². The molecule has 0 unspecified atom stereocenters. The van der Waals surface area contributed by atoms with Gasteiger partial charge in [-0.2, -0.15) is 0 Å². The van der Waals surface area contributed by atoms with Crippen LogP contribution < -0.4 is 17.4 Å². The molecule has 0 bridgehead atoms. The largest absolute Gasteiger partial charge is 1.00 e. The van der Waals surface area contributed by atoms with Gasteiger partial charge >= 0.3 is 0 Å². The van der Waals surface area contributed by atoms with Crippen LogP contribution in [0.3, 0.4) is 0 Å². The predicted octanol–water partition coefficient (Wildman–Crippen LogP) is 2.83. The molecule has 2 nitrogen and oxygen atoms in total. The number of unbranched alkanes of at least 4 members (excludes halogenated alkanes) is 9. The number of aromatic amines is 1. The lowest BCUT2D eigenvalue weighted by Gasteiger charge is -2.02. The SMILES string of the molecule is CCCCCCCCCCCCc1ccc2cccc(O)c2[nH+]1.[Cl-]. The van der Waals surface area contributed by atoms with Gasteiger partial charge in [0.05, 0.1) is 5.39 Å². The molecule has 134 valence electrons. The lowest BCUT2D eigenvalue weighted by Crippen LogP contribution is -3.00. The molecule has 0 aliphatic carbocycles. The number of phenols is 1. The van der Waals surface area contributed by atoms with Gasteiger partial charge in [-0.3, -0.25) is 0 Å². The molecule has 0 amide bonds. The molecule has 0 spiro atoms. The van der Waals surface area contributed by atoms with Crippen LogP contribution in [0, 0.1) is 0 Å². The van der Waals surface area contributed by atoms with E-state index in [0.29, 0.717) is 5.75 Å². The predicted molar refractivity (Wildman–Crippen MR) is 97.7 cm³/mol. The summed E-state index contributed by atoms with van der Waals surface area (Å²) in [4.78, 5) is 3.38. The minimum Gasteiger partial charge on any atom is -1.00 e. The second-order valence-corrected chi connectivity index (χ2v) is 6.66. The molecular formula is C21H32ClNO. The van der Waals surface area contributed by atoms with Crippen LogP contribution in [0.5, 0.6) is 5.75 Å². The molecule has 1 aromatic heterocycles. The second kappa shape index (κ2) is 12.1. The molecule has 24 heavy (non-hydrogen) atoms. The minimum absolute atomic E-state index is 0. The molecule has 0 fully saturated rings. The average molecular weight is 350 g/mol. The molecular weight excluding hydrogens is 318 g/mol. The number of H-pyrrole nitrogens is 1. The normalized spacial score (nSPS) is 10.7. The summed E-state index contributed by atoms with van der Waals surface area (Å²) in [6, 6.07) is 9.89. The lowest BCUT2D eigenvalue weighted by atomic mass is 10.0. The van der Waals surface area contributed by atoms with Gasteiger partial charge in [0.2, 0.25) is 0 Å². The van der Waals surface area contributed by atoms with Gasteiger partial charge in [-0.15, -0.1) is 0 Å². The van der Waals surface area contributed by atoms with Crippen molar-refractivity contribution >= 4 is 10.9 Å². The van der Waals surface area contributed by atoms with Gasteiger partial charge < -0.3 is 17.5 Å². The minimum atomic E-state index is 0. The van der Waals surface area contributed by atoms with Crippen LogP contribution in [0.4, 0.5) is 0 Å². The summed E-state index contributed by atoms with van der Waals surface area (Å²) in [7, 11) is 0. The standard InChI is InChI=1S/C21H31NO.ClH/c1-2-3-4-5-6-7-8-9-10-11-14-19-17-16-18-13-12-15-20(23)21(18)22-19;/h12-13,15-17,23H,2-11,14H2,1H3;1H. The van der Waals surface area contributed by atoms with Crippen molar-refractivity contribution in [1.29, 1.82) is 0 Å².